The molecule has 1 aromatic heterocycles. The van der Waals surface area contributed by atoms with Crippen LogP contribution in [0.15, 0.2) is 6.20 Å². The summed E-state index contributed by atoms with van der Waals surface area (Å²) in [6.45, 7) is 6.91. The lowest BCUT2D eigenvalue weighted by molar-refractivity contribution is -0.135. The van der Waals surface area contributed by atoms with Gasteiger partial charge in [0.2, 0.25) is 5.91 Å². The zero-order chi connectivity index (χ0) is 20.1. The van der Waals surface area contributed by atoms with Gasteiger partial charge in [0.15, 0.2) is 0 Å². The maximum absolute atomic E-state index is 12.7. The third-order valence-electron chi connectivity index (χ3n) is 5.89. The highest BCUT2D eigenvalue weighted by molar-refractivity contribution is 6.29. The number of halogens is 1. The Morgan fingerprint density at radius 2 is 1.96 bits per heavy atom. The zero-order valence-corrected chi connectivity index (χ0v) is 17.6. The van der Waals surface area contributed by atoms with Crippen LogP contribution in [0.5, 0.6) is 0 Å². The third kappa shape index (κ3) is 5.24. The number of carbonyl (C=O) groups is 1. The molecule has 1 N–H and O–H groups in total. The van der Waals surface area contributed by atoms with Crippen LogP contribution in [-0.2, 0) is 16.1 Å². The standard InChI is InChI=1S/C19H32ClN5O3/c1-22-7-9-23(10-8-22)15-3-5-24(6-4-15)18(27)13-16(26)19-21-14-17(20)25(19)11-12-28-2/h14-16,26H,3-13H2,1-2H3. The van der Waals surface area contributed by atoms with Crippen molar-refractivity contribution in [3.63, 3.8) is 0 Å². The maximum Gasteiger partial charge on any atom is 0.225 e. The fraction of sp³-hybridized carbons (Fsp3) is 0.789. The van der Waals surface area contributed by atoms with Crippen LogP contribution >= 0.6 is 11.6 Å². The topological polar surface area (TPSA) is 74.1 Å². The molecule has 0 aliphatic carbocycles. The van der Waals surface area contributed by atoms with Gasteiger partial charge in [0.25, 0.3) is 0 Å². The van der Waals surface area contributed by atoms with Crippen LogP contribution in [0.3, 0.4) is 0 Å². The van der Waals surface area contributed by atoms with Crippen molar-refractivity contribution in [1.82, 2.24) is 24.3 Å². The fourth-order valence-electron chi connectivity index (χ4n) is 4.09. The number of piperazine rings is 1. The minimum Gasteiger partial charge on any atom is -0.385 e. The molecule has 8 nitrogen and oxygen atoms in total. The molecule has 28 heavy (non-hydrogen) atoms. The first-order chi connectivity index (χ1) is 13.5. The molecule has 3 rings (SSSR count). The zero-order valence-electron chi connectivity index (χ0n) is 16.9. The van der Waals surface area contributed by atoms with Crippen LogP contribution in [0.1, 0.15) is 31.2 Å². The first-order valence-corrected chi connectivity index (χ1v) is 10.5. The van der Waals surface area contributed by atoms with Gasteiger partial charge < -0.3 is 24.2 Å². The van der Waals surface area contributed by atoms with Crippen molar-refractivity contribution in [2.24, 2.45) is 0 Å². The molecular formula is C19H32ClN5O3. The lowest BCUT2D eigenvalue weighted by atomic mass is 10.0. The Morgan fingerprint density at radius 1 is 1.29 bits per heavy atom. The van der Waals surface area contributed by atoms with Gasteiger partial charge in [0, 0.05) is 59.0 Å². The van der Waals surface area contributed by atoms with Crippen molar-refractivity contribution in [2.75, 3.05) is 60.0 Å². The van der Waals surface area contributed by atoms with Gasteiger partial charge in [0.1, 0.15) is 17.1 Å². The Hall–Kier alpha value is -1.19. The fourth-order valence-corrected chi connectivity index (χ4v) is 4.31. The first-order valence-electron chi connectivity index (χ1n) is 10.1. The molecule has 0 bridgehead atoms. The van der Waals surface area contributed by atoms with E-state index in [1.165, 1.54) is 6.20 Å². The van der Waals surface area contributed by atoms with E-state index in [9.17, 15) is 9.90 Å². The number of aliphatic hydroxyl groups is 1. The number of aliphatic hydroxyl groups excluding tert-OH is 1. The van der Waals surface area contributed by atoms with E-state index < -0.39 is 6.10 Å². The van der Waals surface area contributed by atoms with E-state index in [0.717, 1.165) is 52.1 Å². The van der Waals surface area contributed by atoms with Crippen molar-refractivity contribution in [3.8, 4) is 0 Å². The van der Waals surface area contributed by atoms with Crippen molar-refractivity contribution >= 4 is 17.5 Å². The molecule has 3 heterocycles. The summed E-state index contributed by atoms with van der Waals surface area (Å²) >= 11 is 6.14. The van der Waals surface area contributed by atoms with E-state index >= 15 is 0 Å². The highest BCUT2D eigenvalue weighted by Gasteiger charge is 2.30. The number of nitrogens with zero attached hydrogens (tertiary/aromatic N) is 5. The molecule has 1 amide bonds. The number of likely N-dealkylation sites (tertiary alicyclic amines) is 1. The molecule has 2 saturated heterocycles. The van der Waals surface area contributed by atoms with Crippen molar-refractivity contribution in [2.45, 2.75) is 38.0 Å². The first kappa shape index (κ1) is 21.5. The van der Waals surface area contributed by atoms with Crippen LogP contribution in [0, 0.1) is 0 Å². The Bertz CT molecular complexity index is 640. The molecule has 0 spiro atoms. The average Bonchev–Trinajstić information content (AvgIpc) is 3.07. The largest absolute Gasteiger partial charge is 0.385 e. The Morgan fingerprint density at radius 3 is 2.61 bits per heavy atom. The molecule has 2 fully saturated rings. The van der Waals surface area contributed by atoms with E-state index in [4.69, 9.17) is 16.3 Å². The second kappa shape index (κ2) is 10.0. The number of hydrogen-bond acceptors (Lipinski definition) is 6. The summed E-state index contributed by atoms with van der Waals surface area (Å²) in [4.78, 5) is 23.7. The molecule has 2 aliphatic rings. The summed E-state index contributed by atoms with van der Waals surface area (Å²) in [7, 11) is 3.77. The molecule has 1 atom stereocenters. The molecule has 2 aliphatic heterocycles. The number of hydrogen-bond donors (Lipinski definition) is 1. The molecule has 0 aromatic carbocycles. The highest BCUT2D eigenvalue weighted by atomic mass is 35.5. The van der Waals surface area contributed by atoms with E-state index in [-0.39, 0.29) is 12.3 Å². The molecule has 1 aromatic rings. The second-order valence-corrected chi connectivity index (χ2v) is 8.14. The van der Waals surface area contributed by atoms with Gasteiger partial charge in [-0.1, -0.05) is 11.6 Å². The second-order valence-electron chi connectivity index (χ2n) is 7.75. The van der Waals surface area contributed by atoms with Crippen molar-refractivity contribution in [3.05, 3.63) is 17.2 Å². The molecule has 1 unspecified atom stereocenters. The van der Waals surface area contributed by atoms with Crippen molar-refractivity contribution in [1.29, 1.82) is 0 Å². The Labute approximate surface area is 172 Å². The van der Waals surface area contributed by atoms with Gasteiger partial charge in [0.05, 0.1) is 19.2 Å². The number of rotatable bonds is 7. The van der Waals surface area contributed by atoms with E-state index in [1.807, 2.05) is 4.90 Å². The van der Waals surface area contributed by atoms with Gasteiger partial charge in [-0.25, -0.2) is 4.98 Å². The number of likely N-dealkylation sites (N-methyl/N-ethyl adjacent to an activating group) is 1. The third-order valence-corrected chi connectivity index (χ3v) is 6.20. The summed E-state index contributed by atoms with van der Waals surface area (Å²) in [5, 5.41) is 11.0. The summed E-state index contributed by atoms with van der Waals surface area (Å²) < 4.78 is 6.77. The van der Waals surface area contributed by atoms with Crippen LogP contribution in [-0.4, -0.2) is 101 Å². The van der Waals surface area contributed by atoms with E-state index in [2.05, 4.69) is 21.8 Å². The number of carbonyl (C=O) groups excluding carboxylic acids is 1. The van der Waals surface area contributed by atoms with Crippen LogP contribution in [0.2, 0.25) is 5.15 Å². The van der Waals surface area contributed by atoms with Crippen LogP contribution in [0.25, 0.3) is 0 Å². The highest BCUT2D eigenvalue weighted by Crippen LogP contribution is 2.23. The van der Waals surface area contributed by atoms with Crippen LogP contribution < -0.4 is 0 Å². The lowest BCUT2D eigenvalue weighted by Crippen LogP contribution is -2.53. The molecule has 158 valence electrons. The number of methoxy groups -OCH3 is 1. The van der Waals surface area contributed by atoms with E-state index in [1.54, 1.807) is 11.7 Å². The number of ether oxygens (including phenoxy) is 1. The van der Waals surface area contributed by atoms with Crippen LogP contribution in [0.4, 0.5) is 0 Å². The molecule has 0 saturated carbocycles. The number of piperidine rings is 1. The summed E-state index contributed by atoms with van der Waals surface area (Å²) in [5.41, 5.74) is 0. The summed E-state index contributed by atoms with van der Waals surface area (Å²) in [6.07, 6.45) is 2.56. The summed E-state index contributed by atoms with van der Waals surface area (Å²) in [6, 6.07) is 0.564. The molecule has 9 heteroatoms. The quantitative estimate of drug-likeness (QED) is 0.714. The predicted octanol–water partition coefficient (Wildman–Crippen LogP) is 0.845. The van der Waals surface area contributed by atoms with Gasteiger partial charge in [-0.3, -0.25) is 9.69 Å². The predicted molar refractivity (Wildman–Crippen MR) is 107 cm³/mol. The maximum atomic E-state index is 12.7. The molecule has 0 radical (unpaired) electrons. The molecular weight excluding hydrogens is 382 g/mol. The van der Waals surface area contributed by atoms with E-state index in [0.29, 0.717) is 30.2 Å². The summed E-state index contributed by atoms with van der Waals surface area (Å²) in [5.74, 6) is 0.393. The normalized spacial score (nSPS) is 21.2. The Kier molecular flexibility index (Phi) is 7.70. The minimum atomic E-state index is -0.966. The number of amides is 1. The SMILES string of the molecule is COCCn1c(Cl)cnc1C(O)CC(=O)N1CCC(N2CCN(C)CC2)CC1. The minimum absolute atomic E-state index is 0.0262. The van der Waals surface area contributed by atoms with Crippen molar-refractivity contribution < 1.29 is 14.6 Å². The number of imidazole rings is 1. The Balaban J connectivity index is 1.49. The van der Waals surface area contributed by atoms with Gasteiger partial charge in [-0.2, -0.15) is 0 Å². The average molecular weight is 414 g/mol. The monoisotopic (exact) mass is 413 g/mol. The van der Waals surface area contributed by atoms with Gasteiger partial charge in [-0.05, 0) is 19.9 Å². The smallest absolute Gasteiger partial charge is 0.225 e. The number of aromatic nitrogens is 2. The lowest BCUT2D eigenvalue weighted by Gasteiger charge is -2.42. The van der Waals surface area contributed by atoms with Gasteiger partial charge in [-0.15, -0.1) is 0 Å². The van der Waals surface area contributed by atoms with Gasteiger partial charge >= 0.3 is 0 Å².